The largest absolute Gasteiger partial charge is 0.478 e. The number of hydrogen-bond acceptors (Lipinski definition) is 4. The van der Waals surface area contributed by atoms with Gasteiger partial charge in [-0.2, -0.15) is 0 Å². The first-order valence-electron chi connectivity index (χ1n) is 5.80. The third-order valence-electron chi connectivity index (χ3n) is 2.51. The number of hydrogen-bond donors (Lipinski definition) is 1. The summed E-state index contributed by atoms with van der Waals surface area (Å²) in [5, 5.41) is 10.4. The molecule has 0 radical (unpaired) electrons. The van der Waals surface area contributed by atoms with Gasteiger partial charge < -0.3 is 5.11 Å². The summed E-state index contributed by atoms with van der Waals surface area (Å²) in [6.45, 7) is 5.74. The monoisotopic (exact) mass is 274 g/mol. The molecule has 0 saturated heterocycles. The highest BCUT2D eigenvalue weighted by Crippen LogP contribution is 2.28. The third kappa shape index (κ3) is 3.32. The molecule has 2 aromatic heterocycles. The molecule has 0 unspecified atom stereocenters. The van der Waals surface area contributed by atoms with Crippen LogP contribution in [0.25, 0.3) is 0 Å². The van der Waals surface area contributed by atoms with Crippen molar-refractivity contribution in [3.63, 3.8) is 0 Å². The first-order chi connectivity index (χ1) is 8.95. The number of carboxylic acids is 1. The fourth-order valence-electron chi connectivity index (χ4n) is 1.73. The van der Waals surface area contributed by atoms with E-state index in [-0.39, 0.29) is 5.56 Å². The maximum absolute atomic E-state index is 11.2. The molecule has 0 bridgehead atoms. The average Bonchev–Trinajstić information content (AvgIpc) is 2.26. The van der Waals surface area contributed by atoms with E-state index in [0.717, 1.165) is 22.0 Å². The molecule has 1 N–H and O–H groups in total. The lowest BCUT2D eigenvalue weighted by atomic mass is 10.2. The molecule has 0 aliphatic rings. The highest BCUT2D eigenvalue weighted by Gasteiger charge is 2.13. The minimum atomic E-state index is -0.973. The lowest BCUT2D eigenvalue weighted by molar-refractivity contribution is 0.0692. The summed E-state index contributed by atoms with van der Waals surface area (Å²) in [4.78, 5) is 19.9. The summed E-state index contributed by atoms with van der Waals surface area (Å²) in [6, 6.07) is 7.18. The second kappa shape index (κ2) is 5.40. The summed E-state index contributed by atoms with van der Waals surface area (Å²) in [5.74, 6) is -0.973. The second-order valence-corrected chi connectivity index (χ2v) is 5.35. The van der Waals surface area contributed by atoms with Crippen LogP contribution < -0.4 is 0 Å². The molecule has 98 valence electrons. The topological polar surface area (TPSA) is 63.1 Å². The van der Waals surface area contributed by atoms with Gasteiger partial charge >= 0.3 is 5.97 Å². The van der Waals surface area contributed by atoms with Crippen molar-refractivity contribution in [2.75, 3.05) is 0 Å². The molecular weight excluding hydrogens is 260 g/mol. The number of aromatic nitrogens is 2. The van der Waals surface area contributed by atoms with Crippen molar-refractivity contribution in [2.24, 2.45) is 0 Å². The van der Waals surface area contributed by atoms with Gasteiger partial charge in [0.25, 0.3) is 0 Å². The Morgan fingerprint density at radius 1 is 1.11 bits per heavy atom. The van der Waals surface area contributed by atoms with Crippen molar-refractivity contribution in [3.8, 4) is 0 Å². The van der Waals surface area contributed by atoms with Crippen molar-refractivity contribution in [1.29, 1.82) is 0 Å². The Balaban J connectivity index is 2.42. The molecule has 4 nitrogen and oxygen atoms in total. The van der Waals surface area contributed by atoms with Crippen LogP contribution in [0.5, 0.6) is 0 Å². The fraction of sp³-hybridized carbons (Fsp3) is 0.214. The molecule has 0 fully saturated rings. The summed E-state index contributed by atoms with van der Waals surface area (Å²) < 4.78 is 0. The highest BCUT2D eigenvalue weighted by atomic mass is 32.2. The zero-order chi connectivity index (χ0) is 14.0. The van der Waals surface area contributed by atoms with Crippen LogP contribution in [-0.4, -0.2) is 21.0 Å². The predicted octanol–water partition coefficient (Wildman–Crippen LogP) is 3.25. The summed E-state index contributed by atoms with van der Waals surface area (Å²) in [5.41, 5.74) is 3.00. The van der Waals surface area contributed by atoms with E-state index in [9.17, 15) is 4.79 Å². The Morgan fingerprint density at radius 2 is 1.84 bits per heavy atom. The van der Waals surface area contributed by atoms with Crippen molar-refractivity contribution < 1.29 is 9.90 Å². The first-order valence-corrected chi connectivity index (χ1v) is 6.61. The summed E-state index contributed by atoms with van der Waals surface area (Å²) in [6.07, 6.45) is 0. The van der Waals surface area contributed by atoms with Gasteiger partial charge in [0.15, 0.2) is 0 Å². The van der Waals surface area contributed by atoms with E-state index in [4.69, 9.17) is 5.11 Å². The molecule has 0 aliphatic heterocycles. The van der Waals surface area contributed by atoms with Gasteiger partial charge in [0.2, 0.25) is 0 Å². The SMILES string of the molecule is Cc1cc(C)nc(Sc2nc(C)ccc2C(=O)O)c1. The van der Waals surface area contributed by atoms with Crippen LogP contribution in [0.4, 0.5) is 0 Å². The third-order valence-corrected chi connectivity index (χ3v) is 3.43. The van der Waals surface area contributed by atoms with Gasteiger partial charge in [0.1, 0.15) is 10.1 Å². The molecule has 0 atom stereocenters. The van der Waals surface area contributed by atoms with E-state index < -0.39 is 5.97 Å². The molecule has 2 rings (SSSR count). The van der Waals surface area contributed by atoms with Gasteiger partial charge in [0.05, 0.1) is 5.56 Å². The Hall–Kier alpha value is -1.88. The van der Waals surface area contributed by atoms with Gasteiger partial charge in [-0.1, -0.05) is 0 Å². The van der Waals surface area contributed by atoms with E-state index in [2.05, 4.69) is 9.97 Å². The number of nitrogens with zero attached hydrogens (tertiary/aromatic N) is 2. The average molecular weight is 274 g/mol. The molecular formula is C14H14N2O2S. The van der Waals surface area contributed by atoms with Crippen LogP contribution in [-0.2, 0) is 0 Å². The summed E-state index contributed by atoms with van der Waals surface area (Å²) in [7, 11) is 0. The fourth-order valence-corrected chi connectivity index (χ4v) is 2.82. The Labute approximate surface area is 115 Å². The minimum absolute atomic E-state index is 0.205. The molecule has 2 aromatic rings. The van der Waals surface area contributed by atoms with Crippen LogP contribution in [0.1, 0.15) is 27.3 Å². The standard InChI is InChI=1S/C14H14N2O2S/c1-8-6-10(3)15-12(7-8)19-13-11(14(17)18)5-4-9(2)16-13/h4-7H,1-3H3,(H,17,18). The molecule has 0 amide bonds. The first kappa shape index (κ1) is 13.5. The minimum Gasteiger partial charge on any atom is -0.478 e. The zero-order valence-corrected chi connectivity index (χ0v) is 11.8. The van der Waals surface area contributed by atoms with E-state index >= 15 is 0 Å². The van der Waals surface area contributed by atoms with Gasteiger partial charge in [-0.15, -0.1) is 0 Å². The van der Waals surface area contributed by atoms with Gasteiger partial charge in [-0.3, -0.25) is 0 Å². The quantitative estimate of drug-likeness (QED) is 0.930. The van der Waals surface area contributed by atoms with E-state index in [1.807, 2.05) is 32.9 Å². The van der Waals surface area contributed by atoms with Crippen molar-refractivity contribution >= 4 is 17.7 Å². The van der Waals surface area contributed by atoms with Crippen molar-refractivity contribution in [1.82, 2.24) is 9.97 Å². The lowest BCUT2D eigenvalue weighted by Crippen LogP contribution is -2.02. The Morgan fingerprint density at radius 3 is 2.47 bits per heavy atom. The smallest absolute Gasteiger partial charge is 0.338 e. The van der Waals surface area contributed by atoms with Gasteiger partial charge in [0, 0.05) is 11.4 Å². The number of aryl methyl sites for hydroxylation is 3. The van der Waals surface area contributed by atoms with Crippen LogP contribution in [0.3, 0.4) is 0 Å². The number of aromatic carboxylic acids is 1. The van der Waals surface area contributed by atoms with Crippen molar-refractivity contribution in [3.05, 3.63) is 46.8 Å². The van der Waals surface area contributed by atoms with E-state index in [0.29, 0.717) is 5.03 Å². The molecule has 0 spiro atoms. The molecule has 19 heavy (non-hydrogen) atoms. The Bertz CT molecular complexity index is 621. The summed E-state index contributed by atoms with van der Waals surface area (Å²) >= 11 is 1.28. The highest BCUT2D eigenvalue weighted by molar-refractivity contribution is 7.99. The van der Waals surface area contributed by atoms with Crippen molar-refractivity contribution in [2.45, 2.75) is 30.8 Å². The maximum Gasteiger partial charge on any atom is 0.338 e. The molecule has 2 heterocycles. The van der Waals surface area contributed by atoms with Crippen LogP contribution in [0.15, 0.2) is 34.3 Å². The number of rotatable bonds is 3. The molecule has 5 heteroatoms. The van der Waals surface area contributed by atoms with Gasteiger partial charge in [-0.25, -0.2) is 14.8 Å². The normalized spacial score (nSPS) is 10.5. The molecule has 0 aromatic carbocycles. The zero-order valence-electron chi connectivity index (χ0n) is 11.0. The van der Waals surface area contributed by atoms with Crippen LogP contribution in [0, 0.1) is 20.8 Å². The predicted molar refractivity (Wildman–Crippen MR) is 73.8 cm³/mol. The number of pyridine rings is 2. The van der Waals surface area contributed by atoms with E-state index in [1.54, 1.807) is 12.1 Å². The maximum atomic E-state index is 11.2. The Kier molecular flexibility index (Phi) is 3.85. The number of carbonyl (C=O) groups is 1. The van der Waals surface area contributed by atoms with Crippen LogP contribution >= 0.6 is 11.8 Å². The molecule has 0 saturated carbocycles. The van der Waals surface area contributed by atoms with Gasteiger partial charge in [-0.05, 0) is 62.4 Å². The van der Waals surface area contributed by atoms with E-state index in [1.165, 1.54) is 11.8 Å². The van der Waals surface area contributed by atoms with Crippen LogP contribution in [0.2, 0.25) is 0 Å². The lowest BCUT2D eigenvalue weighted by Gasteiger charge is -2.07. The number of carboxylic acid groups (broad SMARTS) is 1. The molecule has 0 aliphatic carbocycles. The second-order valence-electron chi connectivity index (χ2n) is 4.34.